The first kappa shape index (κ1) is 15.1. The molecule has 0 fully saturated rings. The number of carbonyl (C=O) groups excluding carboxylic acids is 1. The first-order valence-corrected chi connectivity index (χ1v) is 5.32. The van der Waals surface area contributed by atoms with Gasteiger partial charge in [-0.1, -0.05) is 6.07 Å². The Morgan fingerprint density at radius 2 is 1.89 bits per heavy atom. The van der Waals surface area contributed by atoms with E-state index in [2.05, 4.69) is 10.1 Å². The van der Waals surface area contributed by atoms with Gasteiger partial charge in [-0.25, -0.2) is 4.79 Å². The van der Waals surface area contributed by atoms with E-state index in [0.717, 1.165) is 14.0 Å². The molecule has 1 atom stereocenters. The van der Waals surface area contributed by atoms with Gasteiger partial charge in [-0.05, 0) is 19.1 Å². The first-order valence-electron chi connectivity index (χ1n) is 5.32. The number of ether oxygens (including phenoxy) is 2. The van der Waals surface area contributed by atoms with Crippen molar-refractivity contribution >= 4 is 11.7 Å². The number of methoxy groups -OCH3 is 2. The number of hydrogen-bond acceptors (Lipinski definition) is 4. The van der Waals surface area contributed by atoms with E-state index in [-0.39, 0.29) is 5.69 Å². The molecule has 19 heavy (non-hydrogen) atoms. The second-order valence-electron chi connectivity index (χ2n) is 3.97. The lowest BCUT2D eigenvalue weighted by Crippen LogP contribution is -2.56. The van der Waals surface area contributed by atoms with Crippen LogP contribution in [0.25, 0.3) is 0 Å². The van der Waals surface area contributed by atoms with Crippen molar-refractivity contribution in [3.63, 3.8) is 0 Å². The number of anilines is 1. The van der Waals surface area contributed by atoms with E-state index in [1.165, 1.54) is 25.3 Å². The van der Waals surface area contributed by atoms with E-state index in [9.17, 15) is 18.0 Å². The summed E-state index contributed by atoms with van der Waals surface area (Å²) >= 11 is 0. The zero-order valence-electron chi connectivity index (χ0n) is 10.7. The lowest BCUT2D eigenvalue weighted by Gasteiger charge is -2.31. The van der Waals surface area contributed by atoms with Crippen LogP contribution in [0.3, 0.4) is 0 Å². The summed E-state index contributed by atoms with van der Waals surface area (Å²) in [7, 11) is 2.29. The minimum absolute atomic E-state index is 0.101. The highest BCUT2D eigenvalue weighted by Gasteiger charge is 2.58. The van der Waals surface area contributed by atoms with Gasteiger partial charge < -0.3 is 14.8 Å². The van der Waals surface area contributed by atoms with Gasteiger partial charge in [-0.3, -0.25) is 0 Å². The molecule has 0 saturated carbocycles. The lowest BCUT2D eigenvalue weighted by atomic mass is 10.0. The summed E-state index contributed by atoms with van der Waals surface area (Å²) in [5.74, 6) is -1.04. The maximum atomic E-state index is 13.0. The number of rotatable bonds is 4. The van der Waals surface area contributed by atoms with E-state index < -0.39 is 17.7 Å². The van der Waals surface area contributed by atoms with E-state index in [4.69, 9.17) is 4.74 Å². The Labute approximate surface area is 108 Å². The maximum Gasteiger partial charge on any atom is 0.422 e. The maximum absolute atomic E-state index is 13.0. The van der Waals surface area contributed by atoms with Gasteiger partial charge in [0.25, 0.3) is 0 Å². The molecule has 0 aliphatic rings. The van der Waals surface area contributed by atoms with Crippen molar-refractivity contribution in [1.29, 1.82) is 0 Å². The van der Waals surface area contributed by atoms with Crippen LogP contribution in [-0.4, -0.2) is 31.9 Å². The van der Waals surface area contributed by atoms with Crippen LogP contribution in [0.1, 0.15) is 6.92 Å². The Morgan fingerprint density at radius 3 is 2.37 bits per heavy atom. The fourth-order valence-corrected chi connectivity index (χ4v) is 1.43. The van der Waals surface area contributed by atoms with Gasteiger partial charge in [0, 0.05) is 11.8 Å². The number of nitrogens with one attached hydrogen (secondary N) is 1. The number of esters is 1. The molecule has 106 valence electrons. The molecule has 1 aromatic carbocycles. The first-order chi connectivity index (χ1) is 8.74. The number of halogens is 3. The van der Waals surface area contributed by atoms with Crippen molar-refractivity contribution in [2.45, 2.75) is 18.6 Å². The topological polar surface area (TPSA) is 47.6 Å². The van der Waals surface area contributed by atoms with Gasteiger partial charge >= 0.3 is 12.1 Å². The third-order valence-corrected chi connectivity index (χ3v) is 2.62. The summed E-state index contributed by atoms with van der Waals surface area (Å²) in [6.45, 7) is 0.721. The summed E-state index contributed by atoms with van der Waals surface area (Å²) < 4.78 is 48.2. The number of hydrogen-bond donors (Lipinski definition) is 1. The average Bonchev–Trinajstić information content (AvgIpc) is 2.36. The summed E-state index contributed by atoms with van der Waals surface area (Å²) in [6.07, 6.45) is -4.80. The molecular weight excluding hydrogens is 263 g/mol. The van der Waals surface area contributed by atoms with Gasteiger partial charge in [-0.2, -0.15) is 13.2 Å². The molecule has 1 N–H and O–H groups in total. The van der Waals surface area contributed by atoms with Gasteiger partial charge in [0.1, 0.15) is 5.75 Å². The Bertz CT molecular complexity index is 462. The Morgan fingerprint density at radius 1 is 1.26 bits per heavy atom. The Hall–Kier alpha value is -1.92. The molecule has 1 aromatic rings. The van der Waals surface area contributed by atoms with Gasteiger partial charge in [0.05, 0.1) is 14.2 Å². The molecule has 4 nitrogen and oxygen atoms in total. The highest BCUT2D eigenvalue weighted by molar-refractivity contribution is 5.85. The van der Waals surface area contributed by atoms with Crippen LogP contribution in [0.5, 0.6) is 5.75 Å². The van der Waals surface area contributed by atoms with Gasteiger partial charge in [-0.15, -0.1) is 0 Å². The molecule has 0 spiro atoms. The lowest BCUT2D eigenvalue weighted by molar-refractivity contribution is -0.195. The summed E-state index contributed by atoms with van der Waals surface area (Å²) in [4.78, 5) is 11.4. The molecule has 0 heterocycles. The number of benzene rings is 1. The second-order valence-corrected chi connectivity index (χ2v) is 3.97. The highest BCUT2D eigenvalue weighted by atomic mass is 19.4. The molecule has 7 heteroatoms. The quantitative estimate of drug-likeness (QED) is 0.859. The predicted octanol–water partition coefficient (Wildman–Crippen LogP) is 2.60. The third-order valence-electron chi connectivity index (χ3n) is 2.62. The fourth-order valence-electron chi connectivity index (χ4n) is 1.43. The molecule has 0 bridgehead atoms. The standard InChI is InChI=1S/C12H14F3NO3/c1-11(10(17)19-3,12(13,14)15)16-8-5-4-6-9(7-8)18-2/h4-7,16H,1-3H3. The van der Waals surface area contributed by atoms with Crippen molar-refractivity contribution in [3.05, 3.63) is 24.3 Å². The number of carbonyl (C=O) groups is 1. The van der Waals surface area contributed by atoms with Crippen molar-refractivity contribution in [3.8, 4) is 5.75 Å². The predicted molar refractivity (Wildman–Crippen MR) is 63.1 cm³/mol. The van der Waals surface area contributed by atoms with Crippen molar-refractivity contribution in [1.82, 2.24) is 0 Å². The zero-order chi connectivity index (χ0) is 14.7. The van der Waals surface area contributed by atoms with Crippen LogP contribution in [0.15, 0.2) is 24.3 Å². The molecule has 0 aliphatic heterocycles. The molecule has 0 saturated heterocycles. The van der Waals surface area contributed by atoms with E-state index >= 15 is 0 Å². The van der Waals surface area contributed by atoms with Crippen LogP contribution in [0.4, 0.5) is 18.9 Å². The molecule has 1 unspecified atom stereocenters. The van der Waals surface area contributed by atoms with Crippen molar-refractivity contribution in [2.75, 3.05) is 19.5 Å². The molecular formula is C12H14F3NO3. The fraction of sp³-hybridized carbons (Fsp3) is 0.417. The Kier molecular flexibility index (Phi) is 4.28. The SMILES string of the molecule is COC(=O)C(C)(Nc1cccc(OC)c1)C(F)(F)F. The molecule has 0 aliphatic carbocycles. The van der Waals surface area contributed by atoms with Crippen LogP contribution in [0, 0.1) is 0 Å². The largest absolute Gasteiger partial charge is 0.497 e. The average molecular weight is 277 g/mol. The minimum atomic E-state index is -4.80. The van der Waals surface area contributed by atoms with Crippen LogP contribution < -0.4 is 10.1 Å². The normalized spacial score (nSPS) is 14.4. The molecule has 0 amide bonds. The van der Waals surface area contributed by atoms with Crippen molar-refractivity contribution < 1.29 is 27.4 Å². The molecule has 1 rings (SSSR count). The highest BCUT2D eigenvalue weighted by Crippen LogP contribution is 2.35. The van der Waals surface area contributed by atoms with Crippen LogP contribution >= 0.6 is 0 Å². The van der Waals surface area contributed by atoms with E-state index in [1.54, 1.807) is 6.07 Å². The van der Waals surface area contributed by atoms with E-state index in [0.29, 0.717) is 5.75 Å². The Balaban J connectivity index is 3.11. The van der Waals surface area contributed by atoms with Crippen LogP contribution in [0.2, 0.25) is 0 Å². The summed E-state index contributed by atoms with van der Waals surface area (Å²) in [5.41, 5.74) is -2.72. The van der Waals surface area contributed by atoms with Crippen LogP contribution in [-0.2, 0) is 9.53 Å². The van der Waals surface area contributed by atoms with E-state index in [1.807, 2.05) is 0 Å². The number of alkyl halides is 3. The van der Waals surface area contributed by atoms with Gasteiger partial charge in [0.15, 0.2) is 0 Å². The van der Waals surface area contributed by atoms with Crippen molar-refractivity contribution in [2.24, 2.45) is 0 Å². The second kappa shape index (κ2) is 5.38. The minimum Gasteiger partial charge on any atom is -0.497 e. The monoisotopic (exact) mass is 277 g/mol. The molecule has 0 radical (unpaired) electrons. The third kappa shape index (κ3) is 3.10. The summed E-state index contributed by atoms with van der Waals surface area (Å²) in [6, 6.07) is 5.84. The zero-order valence-corrected chi connectivity index (χ0v) is 10.7. The summed E-state index contributed by atoms with van der Waals surface area (Å²) in [5, 5.41) is 2.14. The van der Waals surface area contributed by atoms with Gasteiger partial charge in [0.2, 0.25) is 5.54 Å². The smallest absolute Gasteiger partial charge is 0.422 e. The molecule has 0 aromatic heterocycles.